The number of carbonyl (C=O) groups is 3. The Morgan fingerprint density at radius 2 is 1.49 bits per heavy atom. The molecule has 0 saturated carbocycles. The molecule has 10 nitrogen and oxygen atoms in total. The summed E-state index contributed by atoms with van der Waals surface area (Å²) in [5.74, 6) is -2.18. The van der Waals surface area contributed by atoms with Gasteiger partial charge in [-0.1, -0.05) is 36.4 Å². The van der Waals surface area contributed by atoms with Gasteiger partial charge < -0.3 is 26.8 Å². The lowest BCUT2D eigenvalue weighted by Crippen LogP contribution is -2.55. The molecule has 0 bridgehead atoms. The van der Waals surface area contributed by atoms with E-state index in [9.17, 15) is 23.9 Å². The number of aliphatic hydroxyl groups excluding tert-OH is 1. The molecule has 0 fully saturated rings. The number of aliphatic hydroxyl groups is 1. The van der Waals surface area contributed by atoms with Gasteiger partial charge in [-0.15, -0.1) is 0 Å². The second kappa shape index (κ2) is 13.2. The summed E-state index contributed by atoms with van der Waals surface area (Å²) in [7, 11) is 0. The quantitative estimate of drug-likeness (QED) is 0.0881. The maximum absolute atomic E-state index is 12.9. The van der Waals surface area contributed by atoms with E-state index < -0.39 is 24.1 Å². The first kappa shape index (κ1) is 27.4. The van der Waals surface area contributed by atoms with Crippen LogP contribution in [0.2, 0.25) is 0 Å². The lowest BCUT2D eigenvalue weighted by molar-refractivity contribution is -0.133. The molecule has 3 amide bonds. The fourth-order valence-electron chi connectivity index (χ4n) is 3.45. The average Bonchev–Trinajstić information content (AvgIpc) is 2.90. The van der Waals surface area contributed by atoms with Gasteiger partial charge in [0.1, 0.15) is 18.1 Å². The number of amides is 3. The largest absolute Gasteiger partial charge is 0.376 e. The van der Waals surface area contributed by atoms with E-state index in [1.165, 1.54) is 29.7 Å². The molecular weight excluding hydrogens is 481 g/mol. The lowest BCUT2D eigenvalue weighted by Gasteiger charge is -2.19. The van der Waals surface area contributed by atoms with E-state index in [0.717, 1.165) is 16.7 Å². The number of carbonyl (C=O) groups excluding carboxylic acids is 3. The molecule has 0 aliphatic carbocycles. The van der Waals surface area contributed by atoms with Crippen molar-refractivity contribution in [3.8, 4) is 11.1 Å². The number of rotatable bonds is 11. The highest BCUT2D eigenvalue weighted by molar-refractivity contribution is 5.98. The number of hydrogen-bond donors (Lipinski definition) is 7. The number of nitrogens with two attached hydrogens (primary N) is 1. The van der Waals surface area contributed by atoms with Crippen molar-refractivity contribution in [3.63, 3.8) is 0 Å². The van der Waals surface area contributed by atoms with Crippen LogP contribution in [-0.2, 0) is 16.0 Å². The maximum atomic E-state index is 12.9. The number of anilines is 1. The SMILES string of the molecule is N[C@@H](O)[C@H](NC(=O)c1ccc(-c2ccc(NC(=O)CNCCc3ccc(F)cc3)cc2)cc1)C(=O)NO. The van der Waals surface area contributed by atoms with Crippen LogP contribution in [0.1, 0.15) is 15.9 Å². The minimum absolute atomic E-state index is 0.133. The predicted molar refractivity (Wildman–Crippen MR) is 135 cm³/mol. The molecule has 3 aromatic carbocycles. The first-order chi connectivity index (χ1) is 17.8. The van der Waals surface area contributed by atoms with Crippen molar-refractivity contribution < 1.29 is 29.1 Å². The highest BCUT2D eigenvalue weighted by Gasteiger charge is 2.26. The number of nitrogens with one attached hydrogen (secondary N) is 4. The lowest BCUT2D eigenvalue weighted by atomic mass is 10.0. The normalized spacial score (nSPS) is 12.3. The number of benzene rings is 3. The zero-order valence-corrected chi connectivity index (χ0v) is 19.8. The minimum Gasteiger partial charge on any atom is -0.376 e. The smallest absolute Gasteiger partial charge is 0.270 e. The Bertz CT molecular complexity index is 1200. The third-order valence-electron chi connectivity index (χ3n) is 5.46. The Morgan fingerprint density at radius 1 is 0.892 bits per heavy atom. The summed E-state index contributed by atoms with van der Waals surface area (Å²) in [6, 6.07) is 18.3. The van der Waals surface area contributed by atoms with Crippen LogP contribution in [0, 0.1) is 5.82 Å². The van der Waals surface area contributed by atoms with Gasteiger partial charge in [0, 0.05) is 11.3 Å². The van der Waals surface area contributed by atoms with Crippen molar-refractivity contribution in [2.75, 3.05) is 18.4 Å². The summed E-state index contributed by atoms with van der Waals surface area (Å²) in [6.45, 7) is 0.711. The Kier molecular flexibility index (Phi) is 9.81. The Hall–Kier alpha value is -4.16. The van der Waals surface area contributed by atoms with Gasteiger partial charge in [0.15, 0.2) is 0 Å². The van der Waals surface area contributed by atoms with Gasteiger partial charge in [-0.2, -0.15) is 0 Å². The van der Waals surface area contributed by atoms with Gasteiger partial charge >= 0.3 is 0 Å². The van der Waals surface area contributed by atoms with Crippen LogP contribution >= 0.6 is 0 Å². The summed E-state index contributed by atoms with van der Waals surface area (Å²) < 4.78 is 12.9. The molecule has 8 N–H and O–H groups in total. The number of hydroxylamine groups is 1. The Morgan fingerprint density at radius 3 is 2.05 bits per heavy atom. The van der Waals surface area contributed by atoms with E-state index in [0.29, 0.717) is 18.7 Å². The zero-order valence-electron chi connectivity index (χ0n) is 19.8. The highest BCUT2D eigenvalue weighted by Crippen LogP contribution is 2.22. The standard InChI is InChI=1S/C26H28FN5O5/c27-20-9-1-16(2-10-20)13-14-29-15-22(33)30-21-11-7-18(8-12-21)17-3-5-19(6-4-17)25(35)31-23(24(28)34)26(36)32-37/h1-12,23-24,29,34,37H,13-15,28H2,(H,30,33)(H,31,35)(H,32,36)/t23-,24-/m0/s1. The number of halogens is 1. The van der Waals surface area contributed by atoms with E-state index in [4.69, 9.17) is 10.9 Å². The van der Waals surface area contributed by atoms with Crippen LogP contribution in [0.25, 0.3) is 11.1 Å². The third-order valence-corrected chi connectivity index (χ3v) is 5.46. The molecule has 11 heteroatoms. The van der Waals surface area contributed by atoms with E-state index in [-0.39, 0.29) is 23.8 Å². The molecule has 194 valence electrons. The molecule has 0 aliphatic heterocycles. The molecule has 0 saturated heterocycles. The van der Waals surface area contributed by atoms with Crippen molar-refractivity contribution in [3.05, 3.63) is 89.7 Å². The van der Waals surface area contributed by atoms with E-state index in [1.54, 1.807) is 36.4 Å². The third kappa shape index (κ3) is 8.19. The van der Waals surface area contributed by atoms with Gasteiger partial charge in [-0.3, -0.25) is 19.6 Å². The molecule has 0 spiro atoms. The predicted octanol–water partition coefficient (Wildman–Crippen LogP) is 1.14. The average molecular weight is 510 g/mol. The van der Waals surface area contributed by atoms with Gasteiger partial charge in [-0.05, 0) is 66.1 Å². The van der Waals surface area contributed by atoms with Crippen LogP contribution < -0.4 is 27.2 Å². The summed E-state index contributed by atoms with van der Waals surface area (Å²) in [4.78, 5) is 36.1. The molecule has 0 aromatic heterocycles. The molecule has 0 aliphatic rings. The van der Waals surface area contributed by atoms with Gasteiger partial charge in [-0.25, -0.2) is 9.87 Å². The highest BCUT2D eigenvalue weighted by atomic mass is 19.1. The fourth-order valence-corrected chi connectivity index (χ4v) is 3.45. The van der Waals surface area contributed by atoms with Crippen LogP contribution in [0.5, 0.6) is 0 Å². The molecule has 3 rings (SSSR count). The van der Waals surface area contributed by atoms with E-state index >= 15 is 0 Å². The van der Waals surface area contributed by atoms with Crippen molar-refractivity contribution in [1.82, 2.24) is 16.1 Å². The summed E-state index contributed by atoms with van der Waals surface area (Å²) in [6.07, 6.45) is -1.03. The molecule has 0 heterocycles. The monoisotopic (exact) mass is 509 g/mol. The Balaban J connectivity index is 1.49. The van der Waals surface area contributed by atoms with Crippen LogP contribution in [0.4, 0.5) is 10.1 Å². The molecule has 0 radical (unpaired) electrons. The second-order valence-electron chi connectivity index (χ2n) is 8.17. The van der Waals surface area contributed by atoms with Crippen LogP contribution in [0.15, 0.2) is 72.8 Å². The van der Waals surface area contributed by atoms with Gasteiger partial charge in [0.05, 0.1) is 6.54 Å². The fraction of sp³-hybridized carbons (Fsp3) is 0.192. The molecule has 0 unspecified atom stereocenters. The minimum atomic E-state index is -1.70. The van der Waals surface area contributed by atoms with E-state index in [2.05, 4.69) is 16.0 Å². The van der Waals surface area contributed by atoms with Crippen molar-refractivity contribution >= 4 is 23.4 Å². The van der Waals surface area contributed by atoms with E-state index in [1.807, 2.05) is 12.1 Å². The molecule has 37 heavy (non-hydrogen) atoms. The second-order valence-corrected chi connectivity index (χ2v) is 8.17. The molecule has 2 atom stereocenters. The summed E-state index contributed by atoms with van der Waals surface area (Å²) in [5, 5.41) is 26.3. The first-order valence-corrected chi connectivity index (χ1v) is 11.4. The first-order valence-electron chi connectivity index (χ1n) is 11.4. The molecular formula is C26H28FN5O5. The molecule has 3 aromatic rings. The number of hydrogen-bond acceptors (Lipinski definition) is 7. The Labute approximate surface area is 212 Å². The van der Waals surface area contributed by atoms with Crippen LogP contribution in [0.3, 0.4) is 0 Å². The summed E-state index contributed by atoms with van der Waals surface area (Å²) >= 11 is 0. The maximum Gasteiger partial charge on any atom is 0.270 e. The zero-order chi connectivity index (χ0) is 26.8. The van der Waals surface area contributed by atoms with Crippen molar-refractivity contribution in [2.24, 2.45) is 5.73 Å². The summed E-state index contributed by atoms with van der Waals surface area (Å²) in [5.41, 5.74) is 10.1. The van der Waals surface area contributed by atoms with Crippen molar-refractivity contribution in [2.45, 2.75) is 18.7 Å². The topological polar surface area (TPSA) is 166 Å². The van der Waals surface area contributed by atoms with Gasteiger partial charge in [0.25, 0.3) is 11.8 Å². The van der Waals surface area contributed by atoms with Crippen molar-refractivity contribution in [1.29, 1.82) is 0 Å². The van der Waals surface area contributed by atoms with Crippen LogP contribution in [-0.4, -0.2) is 53.4 Å². The van der Waals surface area contributed by atoms with Gasteiger partial charge in [0.2, 0.25) is 5.91 Å².